The van der Waals surface area contributed by atoms with E-state index in [-0.39, 0.29) is 0 Å². The third kappa shape index (κ3) is 18.8. The molecule has 4 aliphatic rings. The predicted molar refractivity (Wildman–Crippen MR) is 354 cm³/mol. The third-order valence-corrected chi connectivity index (χ3v) is 18.8. The van der Waals surface area contributed by atoms with Crippen LogP contribution in [-0.2, 0) is 18.9 Å². The molecular formula is C64H48F16I4N8O8. The second kappa shape index (κ2) is 35.6. The lowest BCUT2D eigenvalue weighted by molar-refractivity contribution is -0.197. The van der Waals surface area contributed by atoms with E-state index in [1.165, 1.54) is 0 Å². The van der Waals surface area contributed by atoms with Crippen molar-refractivity contribution in [2.24, 2.45) is 20.5 Å². The molecule has 8 aromatic rings. The van der Waals surface area contributed by atoms with E-state index in [9.17, 15) is 70.2 Å². The van der Waals surface area contributed by atoms with Crippen LogP contribution in [0.1, 0.15) is 64.2 Å². The number of rotatable bonds is 16. The Balaban J connectivity index is 0.000000169. The normalized spacial score (nSPS) is 18.3. The van der Waals surface area contributed by atoms with Crippen molar-refractivity contribution in [2.75, 3.05) is 26.4 Å². The minimum Gasteiger partial charge on any atom is -0.485 e. The van der Waals surface area contributed by atoms with Gasteiger partial charge in [0.05, 0.1) is 37.0 Å². The molecule has 6 heterocycles. The molecule has 0 amide bonds. The van der Waals surface area contributed by atoms with E-state index in [1.807, 2.05) is 0 Å². The van der Waals surface area contributed by atoms with Crippen LogP contribution in [0.5, 0.6) is 23.0 Å². The zero-order valence-corrected chi connectivity index (χ0v) is 59.5. The van der Waals surface area contributed by atoms with E-state index in [1.54, 1.807) is 98.1 Å². The molecular weight excluding hydrogens is 1820 g/mol. The summed E-state index contributed by atoms with van der Waals surface area (Å²) in [6, 6.07) is 14.4. The van der Waals surface area contributed by atoms with Gasteiger partial charge in [-0.3, -0.25) is 19.9 Å². The van der Waals surface area contributed by atoms with Gasteiger partial charge in [-0.2, -0.15) is 55.6 Å². The molecule has 0 unspecified atom stereocenters. The first-order chi connectivity index (χ1) is 47.8. The Morgan fingerprint density at radius 3 is 0.630 bits per heavy atom. The van der Waals surface area contributed by atoms with Gasteiger partial charge in [-0.1, -0.05) is 12.8 Å². The number of halogens is 20. The molecule has 2 aliphatic heterocycles. The van der Waals surface area contributed by atoms with Crippen molar-refractivity contribution in [3.63, 3.8) is 0 Å². The lowest BCUT2D eigenvalue weighted by Crippen LogP contribution is -2.34. The van der Waals surface area contributed by atoms with Crippen LogP contribution in [0.3, 0.4) is 0 Å². The molecule has 2 saturated carbocycles. The first kappa shape index (κ1) is 77.7. The fourth-order valence-corrected chi connectivity index (χ4v) is 12.0. The summed E-state index contributed by atoms with van der Waals surface area (Å²) in [7, 11) is 0. The van der Waals surface area contributed by atoms with Crippen LogP contribution < -0.4 is 18.9 Å². The average Bonchev–Trinajstić information content (AvgIpc) is 1.46. The Hall–Kier alpha value is -6.48. The van der Waals surface area contributed by atoms with Crippen molar-refractivity contribution in [1.82, 2.24) is 19.9 Å². The smallest absolute Gasteiger partial charge is 0.205 e. The summed E-state index contributed by atoms with van der Waals surface area (Å²) in [6.07, 6.45) is 14.9. The Labute approximate surface area is 612 Å². The molecule has 100 heavy (non-hydrogen) atoms. The summed E-state index contributed by atoms with van der Waals surface area (Å²) >= 11 is 4.39. The molecule has 4 aromatic carbocycles. The van der Waals surface area contributed by atoms with Gasteiger partial charge in [0.2, 0.25) is 46.5 Å². The highest BCUT2D eigenvalue weighted by atomic mass is 127. The average molecular weight is 1870 g/mol. The highest BCUT2D eigenvalue weighted by Gasteiger charge is 2.51. The standard InChI is InChI=1S/2C22H16F8I2O4.2C10H8N4/c2*23-10-14(27)20(15(28)11(24)18(10)31)33-6-8-9(36-22(35-8)4-2-1-3-5-22)7-34-21-16(29)12(25)19(32)13(26)17(21)30;2*1-5-11-6-2-9(1)13-14-10-3-7-12-8-4-10/h2*8-9H,1-7H2;2*1-8H/t2*8-,9-;;/m00../s1. The molecule has 4 aromatic heterocycles. The zero-order chi connectivity index (χ0) is 72.0. The number of azo groups is 2. The maximum atomic E-state index is 14.2. The van der Waals surface area contributed by atoms with Crippen molar-refractivity contribution in [3.05, 3.63) is 205 Å². The summed E-state index contributed by atoms with van der Waals surface area (Å²) in [4.78, 5) is 15.6. The van der Waals surface area contributed by atoms with Crippen molar-refractivity contribution < 1.29 is 108 Å². The summed E-state index contributed by atoms with van der Waals surface area (Å²) in [5, 5.41) is 16.1. The van der Waals surface area contributed by atoms with Crippen molar-refractivity contribution in [1.29, 1.82) is 0 Å². The van der Waals surface area contributed by atoms with Gasteiger partial charge in [-0.05, 0) is 165 Å². The van der Waals surface area contributed by atoms with Crippen molar-refractivity contribution in [2.45, 2.75) is 100 Å². The van der Waals surface area contributed by atoms with Crippen LogP contribution in [0, 0.1) is 107 Å². The predicted octanol–water partition coefficient (Wildman–Crippen LogP) is 19.6. The molecule has 16 nitrogen and oxygen atoms in total. The molecule has 2 saturated heterocycles. The van der Waals surface area contributed by atoms with Crippen LogP contribution in [0.4, 0.5) is 93.0 Å². The minimum atomic E-state index is -1.76. The molecule has 0 radical (unpaired) electrons. The maximum absolute atomic E-state index is 14.2. The van der Waals surface area contributed by atoms with Gasteiger partial charge in [0.1, 0.15) is 50.8 Å². The minimum absolute atomic E-state index is 0.408. The number of hydrogen-bond donors (Lipinski definition) is 0. The summed E-state index contributed by atoms with van der Waals surface area (Å²) in [5.41, 5.74) is 3.15. The van der Waals surface area contributed by atoms with E-state index in [0.717, 1.165) is 126 Å². The highest BCUT2D eigenvalue weighted by molar-refractivity contribution is 14.1. The van der Waals surface area contributed by atoms with Gasteiger partial charge in [0.25, 0.3) is 0 Å². The van der Waals surface area contributed by atoms with Crippen LogP contribution in [0.25, 0.3) is 0 Å². The van der Waals surface area contributed by atoms with Gasteiger partial charge < -0.3 is 37.9 Å². The Morgan fingerprint density at radius 1 is 0.290 bits per heavy atom. The molecule has 12 rings (SSSR count). The van der Waals surface area contributed by atoms with Crippen molar-refractivity contribution in [3.8, 4) is 23.0 Å². The van der Waals surface area contributed by atoms with Gasteiger partial charge in [0, 0.05) is 75.3 Å². The number of hydrogen-bond acceptors (Lipinski definition) is 16. The molecule has 36 heteroatoms. The quantitative estimate of drug-likeness (QED) is 0.0295. The van der Waals surface area contributed by atoms with Crippen LogP contribution in [0.2, 0.25) is 0 Å². The summed E-state index contributed by atoms with van der Waals surface area (Å²) in [6.45, 7) is -2.76. The van der Waals surface area contributed by atoms with E-state index in [0.29, 0.717) is 51.4 Å². The van der Waals surface area contributed by atoms with Gasteiger partial charge in [-0.25, -0.2) is 35.1 Å². The zero-order valence-electron chi connectivity index (χ0n) is 50.8. The van der Waals surface area contributed by atoms with Crippen LogP contribution >= 0.6 is 90.4 Å². The largest absolute Gasteiger partial charge is 0.485 e. The molecule has 4 fully saturated rings. The number of aromatic nitrogens is 4. The highest BCUT2D eigenvalue weighted by Crippen LogP contribution is 2.44. The Kier molecular flexibility index (Phi) is 27.7. The van der Waals surface area contributed by atoms with E-state index in [2.05, 4.69) is 40.4 Å². The van der Waals surface area contributed by atoms with E-state index >= 15 is 0 Å². The fraction of sp³-hybridized carbons (Fsp3) is 0.312. The Bertz CT molecular complexity index is 3580. The van der Waals surface area contributed by atoms with E-state index in [4.69, 9.17) is 37.9 Å². The monoisotopic (exact) mass is 1870 g/mol. The third-order valence-electron chi connectivity index (χ3n) is 15.0. The number of ether oxygens (including phenoxy) is 8. The molecule has 0 bridgehead atoms. The van der Waals surface area contributed by atoms with Crippen LogP contribution in [-0.4, -0.2) is 82.4 Å². The lowest BCUT2D eigenvalue weighted by Gasteiger charge is -2.32. The Morgan fingerprint density at radius 2 is 0.460 bits per heavy atom. The van der Waals surface area contributed by atoms with E-state index < -0.39 is 193 Å². The number of benzene rings is 4. The van der Waals surface area contributed by atoms with Gasteiger partial charge >= 0.3 is 0 Å². The molecule has 532 valence electrons. The molecule has 2 aliphatic carbocycles. The fourth-order valence-electron chi connectivity index (χ4n) is 10.1. The maximum Gasteiger partial charge on any atom is 0.205 e. The molecule has 2 spiro atoms. The summed E-state index contributed by atoms with van der Waals surface area (Å²) in [5.74, 6) is -34.9. The SMILES string of the molecule is Fc1c(F)c(OC[C@@H]2OC3(CCCCC3)O[C@H]2COc2c(F)c(F)c(I)c(F)c2F)c(F)c(F)c1I.Fc1c(F)c(OC[C@@H]2OC3(CCCCC3)O[C@H]2COc2c(F)c(F)c(I)c(F)c2F)c(F)c(F)c1I.c1cc(N=Nc2ccncc2)ccn1.c1cc(N=Nc2ccncc2)ccn1. The first-order valence-corrected chi connectivity index (χ1v) is 33.9. The summed E-state index contributed by atoms with van der Waals surface area (Å²) < 4.78 is 265. The lowest BCUT2D eigenvalue weighted by atomic mass is 9.94. The second-order valence-electron chi connectivity index (χ2n) is 21.6. The van der Waals surface area contributed by atoms with Crippen molar-refractivity contribution >= 4 is 113 Å². The van der Waals surface area contributed by atoms with Gasteiger partial charge in [0.15, 0.2) is 81.1 Å². The first-order valence-electron chi connectivity index (χ1n) is 29.6. The molecule has 0 N–H and O–H groups in total. The number of nitrogens with zero attached hydrogens (tertiary/aromatic N) is 8. The second-order valence-corrected chi connectivity index (χ2v) is 25.9. The molecule has 4 atom stereocenters. The topological polar surface area (TPSA) is 175 Å². The van der Waals surface area contributed by atoms with Gasteiger partial charge in [-0.15, -0.1) is 0 Å². The number of pyridine rings is 4. The van der Waals surface area contributed by atoms with Crippen LogP contribution in [0.15, 0.2) is 119 Å².